The fourth-order valence-electron chi connectivity index (χ4n) is 1.34. The van der Waals surface area contributed by atoms with Crippen LogP contribution < -0.4 is 11.1 Å². The number of carbonyl (C=O) groups is 2. The van der Waals surface area contributed by atoms with Crippen LogP contribution in [-0.2, 0) is 16.1 Å². The van der Waals surface area contributed by atoms with Crippen molar-refractivity contribution in [2.45, 2.75) is 32.9 Å². The van der Waals surface area contributed by atoms with E-state index in [1.165, 1.54) is 7.11 Å². The highest BCUT2D eigenvalue weighted by molar-refractivity contribution is 5.90. The van der Waals surface area contributed by atoms with E-state index in [4.69, 9.17) is 10.2 Å². The Morgan fingerprint density at radius 3 is 2.61 bits per heavy atom. The minimum atomic E-state index is -0.841. The molecule has 100 valence electrons. The second-order valence-corrected chi connectivity index (χ2v) is 4.52. The molecular weight excluding hydrogens is 236 g/mol. The molecule has 0 atom stereocenters. The Bertz CT molecular complexity index is 463. The molecule has 0 saturated heterocycles. The van der Waals surface area contributed by atoms with Crippen molar-refractivity contribution in [2.24, 2.45) is 5.73 Å². The molecule has 6 heteroatoms. The van der Waals surface area contributed by atoms with Crippen LogP contribution in [0.3, 0.4) is 0 Å². The summed E-state index contributed by atoms with van der Waals surface area (Å²) in [5.41, 5.74) is 4.77. The lowest BCUT2D eigenvalue weighted by molar-refractivity contribution is -0.123. The summed E-state index contributed by atoms with van der Waals surface area (Å²) in [6.07, 6.45) is 0. The number of hydrogen-bond acceptors (Lipinski definition) is 5. The van der Waals surface area contributed by atoms with Gasteiger partial charge in [-0.05, 0) is 26.8 Å². The van der Waals surface area contributed by atoms with E-state index >= 15 is 0 Å². The van der Waals surface area contributed by atoms with Crippen molar-refractivity contribution in [1.29, 1.82) is 0 Å². The van der Waals surface area contributed by atoms with Crippen LogP contribution in [0.15, 0.2) is 10.5 Å². The SMILES string of the molecule is COC(=O)c1cc(CNC(C)(C)C(N)=O)oc1C. The zero-order chi connectivity index (χ0) is 13.9. The van der Waals surface area contributed by atoms with Crippen molar-refractivity contribution in [2.75, 3.05) is 7.11 Å². The maximum atomic E-state index is 11.4. The molecule has 0 aliphatic rings. The van der Waals surface area contributed by atoms with Crippen molar-refractivity contribution >= 4 is 11.9 Å². The smallest absolute Gasteiger partial charge is 0.341 e. The van der Waals surface area contributed by atoms with E-state index < -0.39 is 17.4 Å². The number of methoxy groups -OCH3 is 1. The van der Waals surface area contributed by atoms with E-state index in [9.17, 15) is 9.59 Å². The van der Waals surface area contributed by atoms with E-state index in [0.717, 1.165) is 0 Å². The molecule has 0 bridgehead atoms. The fourth-order valence-corrected chi connectivity index (χ4v) is 1.34. The van der Waals surface area contributed by atoms with Gasteiger partial charge in [-0.25, -0.2) is 4.79 Å². The largest absolute Gasteiger partial charge is 0.465 e. The van der Waals surface area contributed by atoms with E-state index in [2.05, 4.69) is 10.1 Å². The number of nitrogens with two attached hydrogens (primary N) is 1. The Morgan fingerprint density at radius 2 is 2.11 bits per heavy atom. The third-order valence-corrected chi connectivity index (χ3v) is 2.69. The molecule has 0 aromatic carbocycles. The van der Waals surface area contributed by atoms with Gasteiger partial charge in [-0.1, -0.05) is 0 Å². The number of amides is 1. The Labute approximate surface area is 105 Å². The summed E-state index contributed by atoms with van der Waals surface area (Å²) < 4.78 is 10.0. The average molecular weight is 254 g/mol. The van der Waals surface area contributed by atoms with Crippen LogP contribution in [0.5, 0.6) is 0 Å². The van der Waals surface area contributed by atoms with Crippen LogP contribution in [0.4, 0.5) is 0 Å². The number of aryl methyl sites for hydroxylation is 1. The van der Waals surface area contributed by atoms with E-state index in [0.29, 0.717) is 23.6 Å². The minimum absolute atomic E-state index is 0.299. The first-order valence-electron chi connectivity index (χ1n) is 5.50. The molecule has 0 aliphatic heterocycles. The summed E-state index contributed by atoms with van der Waals surface area (Å²) in [5.74, 6) is 0.119. The van der Waals surface area contributed by atoms with Gasteiger partial charge in [0.1, 0.15) is 17.1 Å². The number of rotatable bonds is 5. The summed E-state index contributed by atoms with van der Waals surface area (Å²) in [4.78, 5) is 22.5. The Balaban J connectivity index is 2.76. The number of ether oxygens (including phenoxy) is 1. The quantitative estimate of drug-likeness (QED) is 0.755. The molecule has 1 rings (SSSR count). The number of esters is 1. The van der Waals surface area contributed by atoms with E-state index in [1.54, 1.807) is 26.8 Å². The van der Waals surface area contributed by atoms with Crippen LogP contribution in [-0.4, -0.2) is 24.5 Å². The highest BCUT2D eigenvalue weighted by Gasteiger charge is 2.25. The molecular formula is C12H18N2O4. The van der Waals surface area contributed by atoms with Gasteiger partial charge in [0, 0.05) is 0 Å². The highest BCUT2D eigenvalue weighted by Crippen LogP contribution is 2.16. The van der Waals surface area contributed by atoms with Gasteiger partial charge in [0.25, 0.3) is 0 Å². The minimum Gasteiger partial charge on any atom is -0.465 e. The van der Waals surface area contributed by atoms with Gasteiger partial charge >= 0.3 is 5.97 Å². The first kappa shape index (κ1) is 14.2. The molecule has 0 radical (unpaired) electrons. The Kier molecular flexibility index (Phi) is 4.13. The predicted molar refractivity (Wildman–Crippen MR) is 64.9 cm³/mol. The number of nitrogens with one attached hydrogen (secondary N) is 1. The highest BCUT2D eigenvalue weighted by atomic mass is 16.5. The molecule has 1 aromatic heterocycles. The maximum absolute atomic E-state index is 11.4. The number of hydrogen-bond donors (Lipinski definition) is 2. The molecule has 1 aromatic rings. The van der Waals surface area contributed by atoms with E-state index in [1.807, 2.05) is 0 Å². The molecule has 1 heterocycles. The van der Waals surface area contributed by atoms with Crippen molar-refractivity contribution in [3.63, 3.8) is 0 Å². The lowest BCUT2D eigenvalue weighted by atomic mass is 10.1. The van der Waals surface area contributed by atoms with Crippen molar-refractivity contribution in [3.8, 4) is 0 Å². The van der Waals surface area contributed by atoms with Gasteiger partial charge in [-0.3, -0.25) is 10.1 Å². The second-order valence-electron chi connectivity index (χ2n) is 4.52. The summed E-state index contributed by atoms with van der Waals surface area (Å²) in [6.45, 7) is 5.32. The third-order valence-electron chi connectivity index (χ3n) is 2.69. The molecule has 6 nitrogen and oxygen atoms in total. The first-order chi connectivity index (χ1) is 8.27. The van der Waals surface area contributed by atoms with Crippen LogP contribution in [0.25, 0.3) is 0 Å². The zero-order valence-corrected chi connectivity index (χ0v) is 11.0. The molecule has 0 saturated carbocycles. The average Bonchev–Trinajstić information content (AvgIpc) is 2.67. The standard InChI is InChI=1S/C12H18N2O4/c1-7-9(10(15)17-4)5-8(18-7)6-14-12(2,3)11(13)16/h5,14H,6H2,1-4H3,(H2,13,16). The molecule has 0 fully saturated rings. The number of primary amides is 1. The van der Waals surface area contributed by atoms with Crippen LogP contribution in [0.2, 0.25) is 0 Å². The first-order valence-corrected chi connectivity index (χ1v) is 5.50. The summed E-state index contributed by atoms with van der Waals surface area (Å²) in [6, 6.07) is 1.59. The van der Waals surface area contributed by atoms with Crippen LogP contribution >= 0.6 is 0 Å². The summed E-state index contributed by atoms with van der Waals surface area (Å²) in [5, 5.41) is 2.95. The maximum Gasteiger partial charge on any atom is 0.341 e. The normalized spacial score (nSPS) is 11.3. The van der Waals surface area contributed by atoms with Gasteiger partial charge in [0.05, 0.1) is 19.2 Å². The van der Waals surface area contributed by atoms with Crippen LogP contribution in [0, 0.1) is 6.92 Å². The molecule has 0 spiro atoms. The monoisotopic (exact) mass is 254 g/mol. The Morgan fingerprint density at radius 1 is 1.50 bits per heavy atom. The Hall–Kier alpha value is -1.82. The molecule has 0 aliphatic carbocycles. The number of carbonyl (C=O) groups excluding carboxylic acids is 2. The topological polar surface area (TPSA) is 94.6 Å². The predicted octanol–water partition coefficient (Wildman–Crippen LogP) is 0.728. The van der Waals surface area contributed by atoms with Gasteiger partial charge in [0.15, 0.2) is 0 Å². The zero-order valence-electron chi connectivity index (χ0n) is 11.0. The lowest BCUT2D eigenvalue weighted by Crippen LogP contribution is -2.50. The van der Waals surface area contributed by atoms with Crippen molar-refractivity contribution in [3.05, 3.63) is 23.2 Å². The van der Waals surface area contributed by atoms with Gasteiger partial charge in [0.2, 0.25) is 5.91 Å². The van der Waals surface area contributed by atoms with Crippen molar-refractivity contribution < 1.29 is 18.7 Å². The molecule has 18 heavy (non-hydrogen) atoms. The van der Waals surface area contributed by atoms with E-state index in [-0.39, 0.29) is 0 Å². The van der Waals surface area contributed by atoms with Gasteiger partial charge < -0.3 is 14.9 Å². The fraction of sp³-hybridized carbons (Fsp3) is 0.500. The molecule has 3 N–H and O–H groups in total. The van der Waals surface area contributed by atoms with Crippen molar-refractivity contribution in [1.82, 2.24) is 5.32 Å². The molecule has 0 unspecified atom stereocenters. The summed E-state index contributed by atoms with van der Waals surface area (Å²) >= 11 is 0. The molecule has 1 amide bonds. The summed E-state index contributed by atoms with van der Waals surface area (Å²) in [7, 11) is 1.31. The van der Waals surface area contributed by atoms with Gasteiger partial charge in [-0.2, -0.15) is 0 Å². The second kappa shape index (κ2) is 5.22. The van der Waals surface area contributed by atoms with Gasteiger partial charge in [-0.15, -0.1) is 0 Å². The number of furan rings is 1. The van der Waals surface area contributed by atoms with Crippen LogP contribution in [0.1, 0.15) is 35.7 Å². The third kappa shape index (κ3) is 3.10. The lowest BCUT2D eigenvalue weighted by Gasteiger charge is -2.21.